The number of benzene rings is 3. The molecule has 3 aromatic carbocycles. The minimum absolute atomic E-state index is 0.0717. The molecule has 0 aliphatic carbocycles. The van der Waals surface area contributed by atoms with E-state index < -0.39 is 29.8 Å². The van der Waals surface area contributed by atoms with Gasteiger partial charge in [-0.15, -0.1) is 0 Å². The lowest BCUT2D eigenvalue weighted by molar-refractivity contribution is -0.133. The van der Waals surface area contributed by atoms with Crippen molar-refractivity contribution >= 4 is 45.8 Å². The summed E-state index contributed by atoms with van der Waals surface area (Å²) in [4.78, 5) is 40.2. The summed E-state index contributed by atoms with van der Waals surface area (Å²) in [5.74, 6) is 4.01. The molecule has 1 aromatic heterocycles. The number of hydrazine groups is 1. The number of likely N-dealkylation sites (tertiary alicyclic amines) is 1. The second-order valence-corrected chi connectivity index (χ2v) is 10.6. The molecule has 8 nitrogen and oxygen atoms in total. The number of anilines is 1. The largest absolute Gasteiger partial charge is 0.335 e. The van der Waals surface area contributed by atoms with Crippen LogP contribution in [0.25, 0.3) is 22.0 Å². The molecular formula is C30H28ClF2N5O3. The van der Waals surface area contributed by atoms with Gasteiger partial charge in [-0.1, -0.05) is 53.6 Å². The van der Waals surface area contributed by atoms with E-state index in [9.17, 15) is 18.8 Å². The van der Waals surface area contributed by atoms with Gasteiger partial charge in [-0.25, -0.2) is 19.6 Å². The lowest BCUT2D eigenvalue weighted by atomic mass is 10.0. The molecular weight excluding hydrogens is 552 g/mol. The molecule has 1 aliphatic heterocycles. The van der Waals surface area contributed by atoms with E-state index in [1.54, 1.807) is 36.4 Å². The summed E-state index contributed by atoms with van der Waals surface area (Å²) in [6.45, 7) is 2.83. The Kier molecular flexibility index (Phi) is 7.88. The fourth-order valence-corrected chi connectivity index (χ4v) is 5.57. The SMILES string of the molecule is CC(=O)c1nn(CC(=O)N2C[C@H](F)CC2CC(=O)N(N)c2c(F)cccc2-c2ccccc2Cl)c2ccc(C)cc12. The van der Waals surface area contributed by atoms with Crippen molar-refractivity contribution in [3.05, 3.63) is 82.8 Å². The van der Waals surface area contributed by atoms with Gasteiger partial charge >= 0.3 is 0 Å². The van der Waals surface area contributed by atoms with Crippen molar-refractivity contribution in [2.75, 3.05) is 11.6 Å². The Bertz CT molecular complexity index is 1670. The van der Waals surface area contributed by atoms with Gasteiger partial charge in [0.05, 0.1) is 12.1 Å². The van der Waals surface area contributed by atoms with Crippen molar-refractivity contribution in [1.29, 1.82) is 0 Å². The summed E-state index contributed by atoms with van der Waals surface area (Å²) in [5, 5.41) is 6.02. The van der Waals surface area contributed by atoms with E-state index >= 15 is 4.39 Å². The zero-order valence-electron chi connectivity index (χ0n) is 22.5. The van der Waals surface area contributed by atoms with Crippen molar-refractivity contribution < 1.29 is 23.2 Å². The molecule has 2 amide bonds. The lowest BCUT2D eigenvalue weighted by Crippen LogP contribution is -2.44. The molecule has 0 saturated carbocycles. The smallest absolute Gasteiger partial charge is 0.244 e. The van der Waals surface area contributed by atoms with E-state index in [1.165, 1.54) is 28.6 Å². The predicted octanol–water partition coefficient (Wildman–Crippen LogP) is 5.24. The minimum Gasteiger partial charge on any atom is -0.335 e. The number of fused-ring (bicyclic) bond motifs is 1. The van der Waals surface area contributed by atoms with E-state index in [0.29, 0.717) is 32.1 Å². The van der Waals surface area contributed by atoms with Crippen LogP contribution in [0.5, 0.6) is 0 Å². The molecule has 41 heavy (non-hydrogen) atoms. The average Bonchev–Trinajstić information content (AvgIpc) is 3.47. The predicted molar refractivity (Wildman–Crippen MR) is 153 cm³/mol. The Hall–Kier alpha value is -4.15. The molecule has 0 radical (unpaired) electrons. The van der Waals surface area contributed by atoms with Crippen molar-refractivity contribution in [3.8, 4) is 11.1 Å². The van der Waals surface area contributed by atoms with Crippen LogP contribution >= 0.6 is 11.6 Å². The van der Waals surface area contributed by atoms with E-state index in [2.05, 4.69) is 5.10 Å². The van der Waals surface area contributed by atoms with Crippen LogP contribution in [0.4, 0.5) is 14.5 Å². The Morgan fingerprint density at radius 3 is 2.56 bits per heavy atom. The number of rotatable bonds is 7. The number of Topliss-reactive ketones (excluding diaryl/α,β-unsaturated/α-hetero) is 1. The van der Waals surface area contributed by atoms with Crippen LogP contribution in [0.1, 0.15) is 35.8 Å². The topological polar surface area (TPSA) is 102 Å². The third kappa shape index (κ3) is 5.57. The van der Waals surface area contributed by atoms with E-state index in [4.69, 9.17) is 17.4 Å². The highest BCUT2D eigenvalue weighted by molar-refractivity contribution is 6.33. The third-order valence-corrected chi connectivity index (χ3v) is 7.61. The number of alkyl halides is 1. The van der Waals surface area contributed by atoms with Gasteiger partial charge in [-0.2, -0.15) is 5.10 Å². The Morgan fingerprint density at radius 1 is 1.10 bits per heavy atom. The molecule has 5 rings (SSSR count). The summed E-state index contributed by atoms with van der Waals surface area (Å²) >= 11 is 6.33. The van der Waals surface area contributed by atoms with Crippen molar-refractivity contribution in [2.24, 2.45) is 5.84 Å². The highest BCUT2D eigenvalue weighted by atomic mass is 35.5. The maximum atomic E-state index is 15.0. The fraction of sp³-hybridized carbons (Fsp3) is 0.267. The fourth-order valence-electron chi connectivity index (χ4n) is 5.33. The summed E-state index contributed by atoms with van der Waals surface area (Å²) in [7, 11) is 0. The number of carbonyl (C=O) groups is 3. The molecule has 1 aliphatic rings. The number of aryl methyl sites for hydroxylation is 1. The molecule has 1 fully saturated rings. The highest BCUT2D eigenvalue weighted by Crippen LogP contribution is 2.37. The van der Waals surface area contributed by atoms with Crippen LogP contribution in [0.3, 0.4) is 0 Å². The molecule has 1 saturated heterocycles. The molecule has 2 atom stereocenters. The van der Waals surface area contributed by atoms with Crippen molar-refractivity contribution in [3.63, 3.8) is 0 Å². The van der Waals surface area contributed by atoms with Gasteiger partial charge in [-0.05, 0) is 31.2 Å². The third-order valence-electron chi connectivity index (χ3n) is 7.28. The molecule has 1 unspecified atom stereocenters. The summed E-state index contributed by atoms with van der Waals surface area (Å²) in [6.07, 6.45) is -1.74. The number of nitrogens with two attached hydrogens (primary N) is 1. The number of ketones is 1. The van der Waals surface area contributed by atoms with Crippen LogP contribution in [0.15, 0.2) is 60.7 Å². The number of amides is 2. The van der Waals surface area contributed by atoms with Crippen LogP contribution in [0, 0.1) is 12.7 Å². The van der Waals surface area contributed by atoms with Crippen LogP contribution in [0.2, 0.25) is 5.02 Å². The summed E-state index contributed by atoms with van der Waals surface area (Å²) in [6, 6.07) is 15.7. The van der Waals surface area contributed by atoms with Crippen LogP contribution in [-0.2, 0) is 16.1 Å². The molecule has 0 spiro atoms. The Balaban J connectivity index is 1.38. The second-order valence-electron chi connectivity index (χ2n) is 10.2. The second kappa shape index (κ2) is 11.4. The zero-order chi connectivity index (χ0) is 29.4. The maximum absolute atomic E-state index is 15.0. The lowest BCUT2D eigenvalue weighted by Gasteiger charge is -2.27. The van der Waals surface area contributed by atoms with Crippen LogP contribution < -0.4 is 10.9 Å². The zero-order valence-corrected chi connectivity index (χ0v) is 23.2. The number of aromatic nitrogens is 2. The van der Waals surface area contributed by atoms with Crippen LogP contribution in [-0.4, -0.2) is 51.0 Å². The Morgan fingerprint density at radius 2 is 1.83 bits per heavy atom. The summed E-state index contributed by atoms with van der Waals surface area (Å²) < 4.78 is 31.1. The van der Waals surface area contributed by atoms with Gasteiger partial charge in [0.1, 0.15) is 29.9 Å². The number of hydrogen-bond donors (Lipinski definition) is 1. The molecule has 2 heterocycles. The molecule has 4 aromatic rings. The number of hydrogen-bond acceptors (Lipinski definition) is 5. The van der Waals surface area contributed by atoms with Gasteiger partial charge in [0.25, 0.3) is 0 Å². The van der Waals surface area contributed by atoms with Gasteiger partial charge < -0.3 is 4.90 Å². The van der Waals surface area contributed by atoms with E-state index in [0.717, 1.165) is 5.56 Å². The maximum Gasteiger partial charge on any atom is 0.244 e. The average molecular weight is 580 g/mol. The Labute approximate surface area is 240 Å². The quantitative estimate of drug-likeness (QED) is 0.140. The van der Waals surface area contributed by atoms with Gasteiger partial charge in [0.15, 0.2) is 5.78 Å². The molecule has 11 heteroatoms. The monoisotopic (exact) mass is 579 g/mol. The van der Waals surface area contributed by atoms with Gasteiger partial charge in [0.2, 0.25) is 11.8 Å². The van der Waals surface area contributed by atoms with E-state index in [-0.39, 0.29) is 43.1 Å². The first-order valence-electron chi connectivity index (χ1n) is 13.1. The van der Waals surface area contributed by atoms with Gasteiger partial charge in [-0.3, -0.25) is 19.1 Å². The number of para-hydroxylation sites is 1. The number of nitrogens with zero attached hydrogens (tertiary/aromatic N) is 4. The molecule has 2 N–H and O–H groups in total. The van der Waals surface area contributed by atoms with Crippen molar-refractivity contribution in [2.45, 2.75) is 45.4 Å². The molecule has 0 bridgehead atoms. The van der Waals surface area contributed by atoms with Crippen molar-refractivity contribution in [1.82, 2.24) is 14.7 Å². The number of carbonyl (C=O) groups excluding carboxylic acids is 3. The first-order valence-corrected chi connectivity index (χ1v) is 13.5. The summed E-state index contributed by atoms with van der Waals surface area (Å²) in [5.41, 5.74) is 2.40. The van der Waals surface area contributed by atoms with E-state index in [1.807, 2.05) is 19.1 Å². The number of halogens is 3. The van der Waals surface area contributed by atoms with Gasteiger partial charge in [0, 0.05) is 47.3 Å². The highest BCUT2D eigenvalue weighted by Gasteiger charge is 2.38. The first kappa shape index (κ1) is 28.4. The minimum atomic E-state index is -1.35. The normalized spacial score (nSPS) is 16.8. The first-order chi connectivity index (χ1) is 19.5. The molecule has 212 valence electrons. The standard InChI is InChI=1S/C30H28ClF2N5O3/c1-17-10-11-26-23(12-17)29(18(2)39)35-37(26)16-28(41)36-15-19(32)13-20(36)14-27(40)38(34)30-22(7-5-9-25(30)33)21-6-3-4-8-24(21)31/h3-12,19-20H,13-16,34H2,1-2H3/t19-,20?/m1/s1.